The number of ether oxygens (including phenoxy) is 1. The van der Waals surface area contributed by atoms with Gasteiger partial charge in [0.15, 0.2) is 6.61 Å². The molecule has 1 aliphatic heterocycles. The first-order chi connectivity index (χ1) is 14.1. The quantitative estimate of drug-likeness (QED) is 0.693. The summed E-state index contributed by atoms with van der Waals surface area (Å²) in [6, 6.07) is 16.9. The Morgan fingerprint density at radius 1 is 1.17 bits per heavy atom. The first-order valence-electron chi connectivity index (χ1n) is 9.27. The average Bonchev–Trinajstić information content (AvgIpc) is 3.34. The van der Waals surface area contributed by atoms with Crippen LogP contribution in [0.4, 0.5) is 11.7 Å². The number of amides is 2. The molecule has 1 saturated heterocycles. The molecule has 1 aromatic heterocycles. The summed E-state index contributed by atoms with van der Waals surface area (Å²) in [5.41, 5.74) is 1.77. The molecule has 1 unspecified atom stereocenters. The number of rotatable bonds is 6. The van der Waals surface area contributed by atoms with Crippen molar-refractivity contribution in [3.63, 3.8) is 0 Å². The molecule has 1 fully saturated rings. The number of hydrogen-bond donors (Lipinski definition) is 1. The molecule has 4 rings (SSSR count). The normalized spacial score (nSPS) is 16.1. The average molecular weight is 392 g/mol. The van der Waals surface area contributed by atoms with Gasteiger partial charge in [-0.25, -0.2) is 0 Å². The molecule has 0 bridgehead atoms. The minimum absolute atomic E-state index is 0.00313. The molecule has 0 spiro atoms. The van der Waals surface area contributed by atoms with E-state index in [1.807, 2.05) is 55.5 Å². The largest absolute Gasteiger partial charge is 0.483 e. The van der Waals surface area contributed by atoms with E-state index < -0.39 is 5.91 Å². The molecule has 8 nitrogen and oxygen atoms in total. The van der Waals surface area contributed by atoms with Gasteiger partial charge in [-0.1, -0.05) is 41.5 Å². The van der Waals surface area contributed by atoms with E-state index in [1.54, 1.807) is 11.0 Å². The predicted molar refractivity (Wildman–Crippen MR) is 106 cm³/mol. The van der Waals surface area contributed by atoms with Crippen molar-refractivity contribution in [1.82, 2.24) is 10.2 Å². The second kappa shape index (κ2) is 8.14. The summed E-state index contributed by atoms with van der Waals surface area (Å²) in [7, 11) is 0. The number of carbonyl (C=O) groups excluding carboxylic acids is 2. The van der Waals surface area contributed by atoms with E-state index >= 15 is 0 Å². The number of nitrogens with zero attached hydrogens (tertiary/aromatic N) is 3. The Morgan fingerprint density at radius 3 is 2.72 bits per heavy atom. The van der Waals surface area contributed by atoms with E-state index in [9.17, 15) is 9.59 Å². The summed E-state index contributed by atoms with van der Waals surface area (Å²) in [5.74, 6) is 0.337. The molecule has 1 atom stereocenters. The van der Waals surface area contributed by atoms with Crippen molar-refractivity contribution < 1.29 is 18.7 Å². The summed E-state index contributed by atoms with van der Waals surface area (Å²) in [6.45, 7) is 2.18. The van der Waals surface area contributed by atoms with Crippen molar-refractivity contribution >= 4 is 23.5 Å². The Bertz CT molecular complexity index is 1020. The molecular weight excluding hydrogens is 372 g/mol. The van der Waals surface area contributed by atoms with Crippen LogP contribution in [-0.2, 0) is 9.59 Å². The van der Waals surface area contributed by atoms with E-state index in [2.05, 4.69) is 15.5 Å². The first-order valence-corrected chi connectivity index (χ1v) is 9.27. The molecular formula is C21H20N4O4. The van der Waals surface area contributed by atoms with E-state index in [4.69, 9.17) is 9.15 Å². The van der Waals surface area contributed by atoms with Gasteiger partial charge >= 0.3 is 6.01 Å². The summed E-state index contributed by atoms with van der Waals surface area (Å²) in [4.78, 5) is 26.1. The number of nitrogens with one attached hydrogen (secondary N) is 1. The molecule has 29 heavy (non-hydrogen) atoms. The summed E-state index contributed by atoms with van der Waals surface area (Å²) in [6.07, 6.45) is 0.279. The maximum atomic E-state index is 12.3. The first kappa shape index (κ1) is 18.7. The molecule has 148 valence electrons. The minimum atomic E-state index is -0.406. The van der Waals surface area contributed by atoms with Gasteiger partial charge in [0.2, 0.25) is 11.8 Å². The van der Waals surface area contributed by atoms with Crippen molar-refractivity contribution in [3.05, 3.63) is 66.1 Å². The standard InChI is InChI=1S/C21H20N4O4/c1-14-7-5-6-10-17(14)28-13-18(26)22-21-24-23-20(29-21)15-11-19(27)25(12-15)16-8-3-2-4-9-16/h2-10,15H,11-13H2,1H3,(H,22,24,26). The van der Waals surface area contributed by atoms with Crippen molar-refractivity contribution in [3.8, 4) is 5.75 Å². The molecule has 2 amide bonds. The number of anilines is 2. The molecule has 0 aliphatic carbocycles. The van der Waals surface area contributed by atoms with Crippen LogP contribution in [0.15, 0.2) is 59.0 Å². The maximum absolute atomic E-state index is 12.3. The number of carbonyl (C=O) groups is 2. The van der Waals surface area contributed by atoms with Gasteiger partial charge in [0.25, 0.3) is 5.91 Å². The van der Waals surface area contributed by atoms with Gasteiger partial charge in [0.1, 0.15) is 5.75 Å². The molecule has 3 aromatic rings. The highest BCUT2D eigenvalue weighted by Gasteiger charge is 2.35. The van der Waals surface area contributed by atoms with Crippen LogP contribution < -0.4 is 15.0 Å². The second-order valence-electron chi connectivity index (χ2n) is 6.79. The zero-order chi connectivity index (χ0) is 20.2. The third-order valence-corrected chi connectivity index (χ3v) is 4.68. The van der Waals surface area contributed by atoms with E-state index in [-0.39, 0.29) is 30.9 Å². The van der Waals surface area contributed by atoms with Crippen LogP contribution in [-0.4, -0.2) is 35.2 Å². The predicted octanol–water partition coefficient (Wildman–Crippen LogP) is 2.92. The molecule has 0 saturated carbocycles. The third kappa shape index (κ3) is 4.26. The molecule has 2 heterocycles. The smallest absolute Gasteiger partial charge is 0.322 e. The number of aryl methyl sites for hydroxylation is 1. The number of para-hydroxylation sites is 2. The van der Waals surface area contributed by atoms with E-state index in [0.29, 0.717) is 18.2 Å². The van der Waals surface area contributed by atoms with Gasteiger partial charge in [0, 0.05) is 18.7 Å². The Labute approximate surface area is 167 Å². The Morgan fingerprint density at radius 2 is 1.93 bits per heavy atom. The maximum Gasteiger partial charge on any atom is 0.322 e. The summed E-state index contributed by atoms with van der Waals surface area (Å²) >= 11 is 0. The zero-order valence-corrected chi connectivity index (χ0v) is 15.9. The van der Waals surface area contributed by atoms with Gasteiger partial charge in [-0.15, -0.1) is 5.10 Å². The topological polar surface area (TPSA) is 97.6 Å². The SMILES string of the molecule is Cc1ccccc1OCC(=O)Nc1nnc(C2CC(=O)N(c3ccccc3)C2)o1. The van der Waals surface area contributed by atoms with Crippen LogP contribution in [0.5, 0.6) is 5.75 Å². The fourth-order valence-corrected chi connectivity index (χ4v) is 3.20. The summed E-state index contributed by atoms with van der Waals surface area (Å²) in [5, 5.41) is 10.4. The van der Waals surface area contributed by atoms with Crippen molar-refractivity contribution in [2.24, 2.45) is 0 Å². The lowest BCUT2D eigenvalue weighted by Crippen LogP contribution is -2.24. The van der Waals surface area contributed by atoms with Gasteiger partial charge in [-0.3, -0.25) is 14.9 Å². The molecule has 1 N–H and O–H groups in total. The van der Waals surface area contributed by atoms with Crippen LogP contribution in [0.3, 0.4) is 0 Å². The van der Waals surface area contributed by atoms with Crippen LogP contribution in [0.2, 0.25) is 0 Å². The minimum Gasteiger partial charge on any atom is -0.483 e. The van der Waals surface area contributed by atoms with Gasteiger partial charge in [-0.05, 0) is 30.7 Å². The molecule has 2 aromatic carbocycles. The number of hydrogen-bond acceptors (Lipinski definition) is 6. The highest BCUT2D eigenvalue weighted by atomic mass is 16.5. The molecule has 1 aliphatic rings. The van der Waals surface area contributed by atoms with Crippen molar-refractivity contribution in [2.45, 2.75) is 19.3 Å². The lowest BCUT2D eigenvalue weighted by atomic mass is 10.1. The van der Waals surface area contributed by atoms with E-state index in [1.165, 1.54) is 0 Å². The number of benzene rings is 2. The Hall–Kier alpha value is -3.68. The van der Waals surface area contributed by atoms with Crippen LogP contribution in [0, 0.1) is 6.92 Å². The van der Waals surface area contributed by atoms with E-state index in [0.717, 1.165) is 11.3 Å². The highest BCUT2D eigenvalue weighted by Crippen LogP contribution is 2.31. The second-order valence-corrected chi connectivity index (χ2v) is 6.79. The Kier molecular flexibility index (Phi) is 5.24. The zero-order valence-electron chi connectivity index (χ0n) is 15.9. The van der Waals surface area contributed by atoms with Crippen molar-refractivity contribution in [1.29, 1.82) is 0 Å². The highest BCUT2D eigenvalue weighted by molar-refractivity contribution is 5.96. The fraction of sp³-hybridized carbons (Fsp3) is 0.238. The van der Waals surface area contributed by atoms with Gasteiger partial charge in [-0.2, -0.15) is 0 Å². The van der Waals surface area contributed by atoms with Crippen molar-refractivity contribution in [2.75, 3.05) is 23.4 Å². The summed E-state index contributed by atoms with van der Waals surface area (Å²) < 4.78 is 11.1. The molecule has 8 heteroatoms. The third-order valence-electron chi connectivity index (χ3n) is 4.68. The molecule has 0 radical (unpaired) electrons. The van der Waals surface area contributed by atoms with Crippen LogP contribution >= 0.6 is 0 Å². The lowest BCUT2D eigenvalue weighted by Gasteiger charge is -2.15. The van der Waals surface area contributed by atoms with Gasteiger partial charge < -0.3 is 14.1 Å². The fourth-order valence-electron chi connectivity index (χ4n) is 3.20. The number of aromatic nitrogens is 2. The monoisotopic (exact) mass is 392 g/mol. The van der Waals surface area contributed by atoms with Crippen LogP contribution in [0.1, 0.15) is 23.8 Å². The van der Waals surface area contributed by atoms with Gasteiger partial charge in [0.05, 0.1) is 5.92 Å². The lowest BCUT2D eigenvalue weighted by molar-refractivity contribution is -0.118. The Balaban J connectivity index is 1.34. The van der Waals surface area contributed by atoms with Crippen LogP contribution in [0.25, 0.3) is 0 Å².